The molecule has 0 bridgehead atoms. The van der Waals surface area contributed by atoms with Gasteiger partial charge in [0, 0.05) is 40.7 Å². The molecule has 3 aromatic carbocycles. The molecule has 1 atom stereocenters. The number of rotatable bonds is 7. The average Bonchev–Trinajstić information content (AvgIpc) is 3.34. The van der Waals surface area contributed by atoms with E-state index in [1.165, 1.54) is 7.11 Å². The fraction of sp³-hybridized carbons (Fsp3) is 0.333. The SMILES string of the molecule is COC(=O)[C@H]1CC[C@H](NC[C@@]2(c3ccccc3)Cc3c(ccc(Cl)c3-c3c(C(N)=O)ccc(F)c3F)O2)CC1. The lowest BCUT2D eigenvalue weighted by molar-refractivity contribution is -0.146. The minimum atomic E-state index is -1.20. The Bertz CT molecular complexity index is 1410. The molecule has 0 spiro atoms. The van der Waals surface area contributed by atoms with Crippen molar-refractivity contribution in [3.05, 3.63) is 87.9 Å². The van der Waals surface area contributed by atoms with Gasteiger partial charge in [-0.15, -0.1) is 0 Å². The Morgan fingerprint density at radius 1 is 1.05 bits per heavy atom. The van der Waals surface area contributed by atoms with E-state index < -0.39 is 23.1 Å². The first kappa shape index (κ1) is 27.1. The number of benzene rings is 3. The second-order valence-corrected chi connectivity index (χ2v) is 10.5. The topological polar surface area (TPSA) is 90.6 Å². The summed E-state index contributed by atoms with van der Waals surface area (Å²) in [6.07, 6.45) is 3.38. The van der Waals surface area contributed by atoms with Crippen LogP contribution >= 0.6 is 11.6 Å². The zero-order valence-corrected chi connectivity index (χ0v) is 22.2. The molecule has 1 fully saturated rings. The number of fused-ring (bicyclic) bond motifs is 1. The van der Waals surface area contributed by atoms with Crippen molar-refractivity contribution in [2.24, 2.45) is 11.7 Å². The number of nitrogens with two attached hydrogens (primary N) is 1. The maximum Gasteiger partial charge on any atom is 0.308 e. The molecule has 1 heterocycles. The van der Waals surface area contributed by atoms with Crippen LogP contribution in [0, 0.1) is 17.6 Å². The highest BCUT2D eigenvalue weighted by Crippen LogP contribution is 2.49. The molecule has 0 saturated heterocycles. The molecule has 0 aromatic heterocycles. The van der Waals surface area contributed by atoms with E-state index in [1.807, 2.05) is 30.3 Å². The highest BCUT2D eigenvalue weighted by Gasteiger charge is 2.44. The summed E-state index contributed by atoms with van der Waals surface area (Å²) in [6.45, 7) is 0.421. The van der Waals surface area contributed by atoms with E-state index in [2.05, 4.69) is 5.32 Å². The van der Waals surface area contributed by atoms with Gasteiger partial charge in [-0.3, -0.25) is 9.59 Å². The first-order valence-corrected chi connectivity index (χ1v) is 13.3. The minimum absolute atomic E-state index is 0.0894. The van der Waals surface area contributed by atoms with Crippen molar-refractivity contribution < 1.29 is 27.8 Å². The monoisotopic (exact) mass is 554 g/mol. The molecule has 2 aliphatic rings. The molecule has 0 unspecified atom stereocenters. The van der Waals surface area contributed by atoms with Crippen LogP contribution in [0.15, 0.2) is 54.6 Å². The zero-order valence-electron chi connectivity index (χ0n) is 21.4. The van der Waals surface area contributed by atoms with Gasteiger partial charge in [-0.05, 0) is 55.5 Å². The van der Waals surface area contributed by atoms with Crippen LogP contribution in [0.25, 0.3) is 11.1 Å². The molecule has 1 saturated carbocycles. The number of hydrogen-bond donors (Lipinski definition) is 2. The lowest BCUT2D eigenvalue weighted by Gasteiger charge is -2.34. The average molecular weight is 555 g/mol. The molecule has 3 N–H and O–H groups in total. The minimum Gasteiger partial charge on any atom is -0.481 e. The Hall–Kier alpha value is -3.49. The van der Waals surface area contributed by atoms with E-state index >= 15 is 4.39 Å². The van der Waals surface area contributed by atoms with Crippen molar-refractivity contribution >= 4 is 23.5 Å². The van der Waals surface area contributed by atoms with Crippen LogP contribution in [0.2, 0.25) is 5.02 Å². The molecule has 9 heteroatoms. The predicted molar refractivity (Wildman–Crippen MR) is 144 cm³/mol. The number of primary amides is 1. The maximum absolute atomic E-state index is 15.2. The number of methoxy groups -OCH3 is 1. The van der Waals surface area contributed by atoms with Crippen LogP contribution in [-0.4, -0.2) is 31.6 Å². The van der Waals surface area contributed by atoms with Crippen LogP contribution < -0.4 is 15.8 Å². The lowest BCUT2D eigenvalue weighted by Crippen LogP contribution is -2.47. The van der Waals surface area contributed by atoms with Gasteiger partial charge in [-0.25, -0.2) is 8.78 Å². The fourth-order valence-electron chi connectivity index (χ4n) is 5.79. The molecule has 1 amide bonds. The van der Waals surface area contributed by atoms with Gasteiger partial charge in [0.05, 0.1) is 18.6 Å². The molecule has 5 rings (SSSR count). The summed E-state index contributed by atoms with van der Waals surface area (Å²) in [6, 6.07) is 15.1. The van der Waals surface area contributed by atoms with Crippen molar-refractivity contribution in [2.45, 2.75) is 43.7 Å². The predicted octanol–water partition coefficient (Wildman–Crippen LogP) is 5.54. The van der Waals surface area contributed by atoms with E-state index in [0.29, 0.717) is 24.3 Å². The summed E-state index contributed by atoms with van der Waals surface area (Å²) in [4.78, 5) is 24.1. The summed E-state index contributed by atoms with van der Waals surface area (Å²) < 4.78 is 41.2. The van der Waals surface area contributed by atoms with Crippen LogP contribution in [-0.2, 0) is 21.6 Å². The van der Waals surface area contributed by atoms with E-state index in [-0.39, 0.29) is 39.6 Å². The highest BCUT2D eigenvalue weighted by atomic mass is 35.5. The first-order chi connectivity index (χ1) is 18.7. The molecule has 39 heavy (non-hydrogen) atoms. The largest absolute Gasteiger partial charge is 0.481 e. The van der Waals surface area contributed by atoms with Crippen molar-refractivity contribution in [1.29, 1.82) is 0 Å². The summed E-state index contributed by atoms with van der Waals surface area (Å²) in [5.74, 6) is -2.99. The van der Waals surface area contributed by atoms with E-state index in [1.54, 1.807) is 12.1 Å². The van der Waals surface area contributed by atoms with E-state index in [4.69, 9.17) is 26.8 Å². The van der Waals surface area contributed by atoms with Crippen LogP contribution in [0.4, 0.5) is 8.78 Å². The van der Waals surface area contributed by atoms with Gasteiger partial charge in [0.1, 0.15) is 5.75 Å². The first-order valence-electron chi connectivity index (χ1n) is 12.9. The molecule has 204 valence electrons. The Kier molecular flexibility index (Phi) is 7.60. The number of halogens is 3. The van der Waals surface area contributed by atoms with E-state index in [9.17, 15) is 14.0 Å². The molecular weight excluding hydrogens is 526 g/mol. The van der Waals surface area contributed by atoms with Gasteiger partial charge in [0.15, 0.2) is 17.2 Å². The standard InChI is InChI=1S/C30H29ClF2N2O4/c1-38-29(37)17-7-9-19(10-8-17)35-16-30(18-5-3-2-4-6-18)15-21-24(39-30)14-12-22(31)25(21)26-20(28(34)36)11-13-23(32)27(26)33/h2-6,11-14,17,19,35H,7-10,15-16H2,1H3,(H2,34,36)/t17-,19-,30-/m1/s1. The Balaban J connectivity index is 1.51. The van der Waals surface area contributed by atoms with Crippen molar-refractivity contribution in [1.82, 2.24) is 5.32 Å². The molecule has 0 radical (unpaired) electrons. The second kappa shape index (κ2) is 10.9. The second-order valence-electron chi connectivity index (χ2n) is 10.1. The number of carbonyl (C=O) groups is 2. The van der Waals surface area contributed by atoms with Crippen molar-refractivity contribution in [2.75, 3.05) is 13.7 Å². The summed E-state index contributed by atoms with van der Waals surface area (Å²) in [5, 5.41) is 3.78. The fourth-order valence-corrected chi connectivity index (χ4v) is 6.06. The Labute approximate surface area is 230 Å². The molecule has 6 nitrogen and oxygen atoms in total. The van der Waals surface area contributed by atoms with Gasteiger partial charge in [0.25, 0.3) is 0 Å². The van der Waals surface area contributed by atoms with Gasteiger partial charge in [-0.1, -0.05) is 41.9 Å². The number of ether oxygens (including phenoxy) is 2. The molecule has 1 aliphatic heterocycles. The number of esters is 1. The Morgan fingerprint density at radius 3 is 2.44 bits per heavy atom. The van der Waals surface area contributed by atoms with Gasteiger partial charge in [0.2, 0.25) is 5.91 Å². The third-order valence-electron chi connectivity index (χ3n) is 7.83. The Morgan fingerprint density at radius 2 is 1.77 bits per heavy atom. The molecule has 3 aromatic rings. The van der Waals surface area contributed by atoms with Crippen LogP contribution in [0.5, 0.6) is 5.75 Å². The van der Waals surface area contributed by atoms with Gasteiger partial charge < -0.3 is 20.5 Å². The third-order valence-corrected chi connectivity index (χ3v) is 8.15. The third kappa shape index (κ3) is 5.11. The van der Waals surface area contributed by atoms with Crippen molar-refractivity contribution in [3.8, 4) is 16.9 Å². The molecular formula is C30H29ClF2N2O4. The normalized spacial score (nSPS) is 22.2. The smallest absolute Gasteiger partial charge is 0.308 e. The summed E-state index contributed by atoms with van der Waals surface area (Å²) in [5.41, 5.74) is 5.88. The zero-order chi connectivity index (χ0) is 27.7. The van der Waals surface area contributed by atoms with Crippen molar-refractivity contribution in [3.63, 3.8) is 0 Å². The highest BCUT2D eigenvalue weighted by molar-refractivity contribution is 6.34. The number of nitrogens with one attached hydrogen (secondary N) is 1. The number of carbonyl (C=O) groups excluding carboxylic acids is 2. The van der Waals surface area contributed by atoms with Crippen LogP contribution in [0.3, 0.4) is 0 Å². The number of hydrogen-bond acceptors (Lipinski definition) is 5. The van der Waals surface area contributed by atoms with Gasteiger partial charge in [-0.2, -0.15) is 0 Å². The van der Waals surface area contributed by atoms with E-state index in [0.717, 1.165) is 43.4 Å². The molecule has 1 aliphatic carbocycles. The summed E-state index contributed by atoms with van der Waals surface area (Å²) >= 11 is 6.58. The van der Waals surface area contributed by atoms with Gasteiger partial charge >= 0.3 is 5.97 Å². The number of amides is 1. The lowest BCUT2D eigenvalue weighted by atomic mass is 9.83. The summed E-state index contributed by atoms with van der Waals surface area (Å²) in [7, 11) is 1.41. The maximum atomic E-state index is 15.2. The quantitative estimate of drug-likeness (QED) is 0.374. The van der Waals surface area contributed by atoms with Crippen LogP contribution in [0.1, 0.15) is 47.2 Å².